The molecule has 126 valence electrons. The molecular weight excluding hydrogens is 316 g/mol. The van der Waals surface area contributed by atoms with Crippen molar-refractivity contribution in [2.24, 2.45) is 4.99 Å². The van der Waals surface area contributed by atoms with Crippen molar-refractivity contribution in [1.82, 2.24) is 15.5 Å². The van der Waals surface area contributed by atoms with Gasteiger partial charge in [-0.3, -0.25) is 24.8 Å². The van der Waals surface area contributed by atoms with Crippen molar-refractivity contribution in [3.05, 3.63) is 29.7 Å². The number of carbonyl (C=O) groups is 3. The van der Waals surface area contributed by atoms with E-state index >= 15 is 0 Å². The number of furan rings is 1. The number of hydrogen-bond donors (Lipinski definition) is 3. The van der Waals surface area contributed by atoms with Crippen molar-refractivity contribution in [1.29, 1.82) is 0 Å². The molecule has 3 heterocycles. The molecule has 24 heavy (non-hydrogen) atoms. The van der Waals surface area contributed by atoms with E-state index in [2.05, 4.69) is 15.6 Å². The highest BCUT2D eigenvalue weighted by Crippen LogP contribution is 2.20. The number of aliphatic hydroxyl groups is 1. The molecule has 2 aliphatic heterocycles. The minimum absolute atomic E-state index is 0.0776. The summed E-state index contributed by atoms with van der Waals surface area (Å²) in [6, 6.07) is 1.81. The number of β-amino-alcohol motifs (C(OH)–C–C–N with tert-alkyl or cyclic N) is 1. The molecule has 0 spiro atoms. The average molecular weight is 332 g/mol. The molecule has 3 rings (SSSR count). The van der Waals surface area contributed by atoms with Gasteiger partial charge in [0.15, 0.2) is 6.04 Å². The molecule has 2 saturated heterocycles. The summed E-state index contributed by atoms with van der Waals surface area (Å²) >= 11 is 0. The Morgan fingerprint density at radius 3 is 2.79 bits per heavy atom. The number of amides is 4. The molecule has 0 aliphatic carbocycles. The molecule has 9 nitrogen and oxygen atoms in total. The number of aliphatic hydroxyl groups excluding tert-OH is 1. The largest absolute Gasteiger partial charge is 0.459 e. The monoisotopic (exact) mass is 332 g/mol. The van der Waals surface area contributed by atoms with Crippen LogP contribution in [-0.4, -0.2) is 53.4 Å². The van der Waals surface area contributed by atoms with Gasteiger partial charge in [0.1, 0.15) is 17.4 Å². The van der Waals surface area contributed by atoms with Crippen LogP contribution in [0, 0.1) is 0 Å². The van der Waals surface area contributed by atoms with Crippen LogP contribution in [0.3, 0.4) is 0 Å². The maximum absolute atomic E-state index is 11.8. The molecule has 4 amide bonds. The molecule has 2 unspecified atom stereocenters. The van der Waals surface area contributed by atoms with Gasteiger partial charge in [-0.05, 0) is 24.3 Å². The molecule has 2 aliphatic rings. The van der Waals surface area contributed by atoms with Gasteiger partial charge in [-0.15, -0.1) is 0 Å². The molecule has 1 aromatic rings. The Hall–Kier alpha value is -2.94. The molecular formula is C15H16N4O5. The van der Waals surface area contributed by atoms with Crippen molar-refractivity contribution in [3.8, 4) is 0 Å². The second kappa shape index (κ2) is 6.28. The number of aliphatic imine (C=N–C) groups is 1. The van der Waals surface area contributed by atoms with E-state index in [1.807, 2.05) is 0 Å². The van der Waals surface area contributed by atoms with E-state index in [-0.39, 0.29) is 18.9 Å². The lowest BCUT2D eigenvalue weighted by atomic mass is 10.2. The molecule has 2 atom stereocenters. The predicted octanol–water partition coefficient (Wildman–Crippen LogP) is -0.205. The van der Waals surface area contributed by atoms with E-state index in [4.69, 9.17) is 4.42 Å². The summed E-state index contributed by atoms with van der Waals surface area (Å²) in [7, 11) is 1.55. The van der Waals surface area contributed by atoms with Gasteiger partial charge in [-0.2, -0.15) is 0 Å². The van der Waals surface area contributed by atoms with Crippen LogP contribution in [0.1, 0.15) is 24.0 Å². The molecule has 2 fully saturated rings. The summed E-state index contributed by atoms with van der Waals surface area (Å²) in [5, 5.41) is 14.1. The minimum atomic E-state index is -0.853. The first-order valence-corrected chi connectivity index (χ1v) is 7.32. The summed E-state index contributed by atoms with van der Waals surface area (Å²) in [4.78, 5) is 39.9. The fourth-order valence-corrected chi connectivity index (χ4v) is 2.58. The maximum Gasteiger partial charge on any atom is 0.322 e. The van der Waals surface area contributed by atoms with Crippen LogP contribution in [-0.2, 0) is 9.59 Å². The molecule has 0 saturated carbocycles. The molecule has 0 aromatic carbocycles. The van der Waals surface area contributed by atoms with E-state index in [1.165, 1.54) is 4.90 Å². The quantitative estimate of drug-likeness (QED) is 0.401. The molecule has 0 radical (unpaired) electrons. The Kier molecular flexibility index (Phi) is 4.17. The highest BCUT2D eigenvalue weighted by Gasteiger charge is 2.33. The van der Waals surface area contributed by atoms with Crippen LogP contribution in [0.5, 0.6) is 0 Å². The SMILES string of the molecule is CN=C(/C=C\c1ccc(C2NC(=O)NC2=O)o1)N1CC(O)CC1=O. The van der Waals surface area contributed by atoms with Crippen LogP contribution < -0.4 is 10.6 Å². The Labute approximate surface area is 137 Å². The number of rotatable bonds is 3. The van der Waals surface area contributed by atoms with Gasteiger partial charge in [0, 0.05) is 7.05 Å². The summed E-state index contributed by atoms with van der Waals surface area (Å²) in [5.41, 5.74) is 0. The van der Waals surface area contributed by atoms with Crippen molar-refractivity contribution >= 4 is 29.8 Å². The lowest BCUT2D eigenvalue weighted by Crippen LogP contribution is -2.31. The van der Waals surface area contributed by atoms with E-state index in [0.29, 0.717) is 17.4 Å². The summed E-state index contributed by atoms with van der Waals surface area (Å²) < 4.78 is 5.52. The zero-order valence-electron chi connectivity index (χ0n) is 12.9. The first-order chi connectivity index (χ1) is 11.5. The van der Waals surface area contributed by atoms with Crippen LogP contribution in [0.4, 0.5) is 4.79 Å². The van der Waals surface area contributed by atoms with Gasteiger partial charge in [-0.1, -0.05) is 0 Å². The number of urea groups is 1. The Balaban J connectivity index is 1.72. The highest BCUT2D eigenvalue weighted by atomic mass is 16.3. The van der Waals surface area contributed by atoms with Crippen LogP contribution >= 0.6 is 0 Å². The van der Waals surface area contributed by atoms with Crippen molar-refractivity contribution in [2.75, 3.05) is 13.6 Å². The van der Waals surface area contributed by atoms with E-state index in [9.17, 15) is 19.5 Å². The first-order valence-electron chi connectivity index (χ1n) is 7.32. The highest BCUT2D eigenvalue weighted by molar-refractivity contribution is 6.07. The number of amidine groups is 1. The maximum atomic E-state index is 11.8. The van der Waals surface area contributed by atoms with E-state index in [0.717, 1.165) is 0 Å². The van der Waals surface area contributed by atoms with Crippen molar-refractivity contribution < 1.29 is 23.9 Å². The third-order valence-corrected chi connectivity index (χ3v) is 3.71. The number of carbonyl (C=O) groups excluding carboxylic acids is 3. The molecule has 0 bridgehead atoms. The third-order valence-electron chi connectivity index (χ3n) is 3.71. The Morgan fingerprint density at radius 1 is 1.42 bits per heavy atom. The van der Waals surface area contributed by atoms with Crippen molar-refractivity contribution in [2.45, 2.75) is 18.6 Å². The fourth-order valence-electron chi connectivity index (χ4n) is 2.58. The number of likely N-dealkylation sites (tertiary alicyclic amines) is 1. The van der Waals surface area contributed by atoms with Gasteiger partial charge in [-0.25, -0.2) is 4.79 Å². The first kappa shape index (κ1) is 15.9. The predicted molar refractivity (Wildman–Crippen MR) is 82.9 cm³/mol. The Morgan fingerprint density at radius 2 is 2.21 bits per heavy atom. The second-order valence-corrected chi connectivity index (χ2v) is 5.41. The second-order valence-electron chi connectivity index (χ2n) is 5.41. The number of nitrogens with zero attached hydrogens (tertiary/aromatic N) is 2. The zero-order valence-corrected chi connectivity index (χ0v) is 12.9. The summed E-state index contributed by atoms with van der Waals surface area (Å²) in [6.45, 7) is 0.202. The van der Waals surface area contributed by atoms with Crippen LogP contribution in [0.15, 0.2) is 27.6 Å². The standard InChI is InChI=1S/C15H16N4O5/c1-16-11(19-7-8(20)6-12(19)21)5-3-9-2-4-10(24-9)13-14(22)18-15(23)17-13/h2-5,8,13,20H,6-7H2,1H3,(H2,17,18,22,23)/b5-3-,16-11?. The average Bonchev–Trinajstić information content (AvgIpc) is 3.20. The topological polar surface area (TPSA) is 124 Å². The van der Waals surface area contributed by atoms with Crippen molar-refractivity contribution in [3.63, 3.8) is 0 Å². The number of imide groups is 1. The normalized spacial score (nSPS) is 24.8. The van der Waals surface area contributed by atoms with Gasteiger partial charge in [0.2, 0.25) is 5.91 Å². The number of nitrogens with one attached hydrogen (secondary N) is 2. The van der Waals surface area contributed by atoms with Gasteiger partial charge < -0.3 is 14.8 Å². The lowest BCUT2D eigenvalue weighted by Gasteiger charge is -2.14. The lowest BCUT2D eigenvalue weighted by molar-refractivity contribution is -0.124. The van der Waals surface area contributed by atoms with Gasteiger partial charge in [0.25, 0.3) is 5.91 Å². The molecule has 1 aromatic heterocycles. The van der Waals surface area contributed by atoms with Crippen LogP contribution in [0.2, 0.25) is 0 Å². The summed E-state index contributed by atoms with van der Waals surface area (Å²) in [6.07, 6.45) is 2.57. The smallest absolute Gasteiger partial charge is 0.322 e. The van der Waals surface area contributed by atoms with E-state index in [1.54, 1.807) is 31.3 Å². The fraction of sp³-hybridized carbons (Fsp3) is 0.333. The summed E-state index contributed by atoms with van der Waals surface area (Å²) in [5.74, 6) is 0.477. The Bertz CT molecular complexity index is 751. The third kappa shape index (κ3) is 3.06. The minimum Gasteiger partial charge on any atom is -0.459 e. The molecule has 9 heteroatoms. The van der Waals surface area contributed by atoms with Crippen LogP contribution in [0.25, 0.3) is 6.08 Å². The van der Waals surface area contributed by atoms with E-state index < -0.39 is 24.1 Å². The zero-order chi connectivity index (χ0) is 17.3. The van der Waals surface area contributed by atoms with Gasteiger partial charge in [0.05, 0.1) is 19.1 Å². The number of hydrogen-bond acceptors (Lipinski definition) is 6. The molecule has 3 N–H and O–H groups in total. The van der Waals surface area contributed by atoms with Gasteiger partial charge >= 0.3 is 6.03 Å².